The highest BCUT2D eigenvalue weighted by molar-refractivity contribution is 5.97. The molecule has 0 aliphatic rings. The van der Waals surface area contributed by atoms with E-state index in [0.29, 0.717) is 5.82 Å². The van der Waals surface area contributed by atoms with Crippen LogP contribution in [0.3, 0.4) is 0 Å². The standard InChI is InChI=1S/C16H14N4O4/c1-24-14-7-6-10(20(22)23)8-11(14)16(21)17-9-15-18-12-4-2-3-5-13(12)19-15/h2-8H,9H2,1H3,(H,17,21)(H,18,19). The minimum atomic E-state index is -0.560. The van der Waals surface area contributed by atoms with Gasteiger partial charge >= 0.3 is 0 Å². The third-order valence-electron chi connectivity index (χ3n) is 3.49. The van der Waals surface area contributed by atoms with E-state index in [2.05, 4.69) is 15.3 Å². The number of carbonyl (C=O) groups is 1. The minimum Gasteiger partial charge on any atom is -0.496 e. The molecular formula is C16H14N4O4. The molecule has 0 bridgehead atoms. The van der Waals surface area contributed by atoms with Crippen molar-refractivity contribution in [2.45, 2.75) is 6.54 Å². The molecule has 8 heteroatoms. The number of para-hydroxylation sites is 2. The number of ether oxygens (including phenoxy) is 1. The number of H-pyrrole nitrogens is 1. The number of nitro benzene ring substituents is 1. The van der Waals surface area contributed by atoms with E-state index < -0.39 is 10.8 Å². The van der Waals surface area contributed by atoms with Crippen LogP contribution in [0.25, 0.3) is 11.0 Å². The molecule has 0 saturated carbocycles. The van der Waals surface area contributed by atoms with Gasteiger partial charge in [-0.3, -0.25) is 14.9 Å². The van der Waals surface area contributed by atoms with Gasteiger partial charge in [-0.05, 0) is 18.2 Å². The number of nitrogens with one attached hydrogen (secondary N) is 2. The van der Waals surface area contributed by atoms with Gasteiger partial charge in [-0.2, -0.15) is 0 Å². The lowest BCUT2D eigenvalue weighted by molar-refractivity contribution is -0.384. The fourth-order valence-corrected chi connectivity index (χ4v) is 2.34. The number of fused-ring (bicyclic) bond motifs is 1. The van der Waals surface area contributed by atoms with Gasteiger partial charge in [0.15, 0.2) is 0 Å². The molecule has 0 radical (unpaired) electrons. The van der Waals surface area contributed by atoms with Crippen molar-refractivity contribution in [1.82, 2.24) is 15.3 Å². The fourth-order valence-electron chi connectivity index (χ4n) is 2.34. The molecule has 1 heterocycles. The Morgan fingerprint density at radius 2 is 2.12 bits per heavy atom. The summed E-state index contributed by atoms with van der Waals surface area (Å²) in [4.78, 5) is 30.1. The van der Waals surface area contributed by atoms with Crippen LogP contribution in [0, 0.1) is 10.1 Å². The predicted octanol–water partition coefficient (Wildman–Crippen LogP) is 2.41. The summed E-state index contributed by atoms with van der Waals surface area (Å²) in [7, 11) is 1.40. The first-order valence-corrected chi connectivity index (χ1v) is 7.12. The highest BCUT2D eigenvalue weighted by atomic mass is 16.6. The number of methoxy groups -OCH3 is 1. The Morgan fingerprint density at radius 1 is 1.33 bits per heavy atom. The van der Waals surface area contributed by atoms with Gasteiger partial charge in [-0.15, -0.1) is 0 Å². The lowest BCUT2D eigenvalue weighted by atomic mass is 10.1. The van der Waals surface area contributed by atoms with E-state index in [1.54, 1.807) is 0 Å². The zero-order valence-corrected chi connectivity index (χ0v) is 12.8. The molecule has 8 nitrogen and oxygen atoms in total. The van der Waals surface area contributed by atoms with Gasteiger partial charge in [0.2, 0.25) is 0 Å². The van der Waals surface area contributed by atoms with E-state index in [4.69, 9.17) is 4.74 Å². The second-order valence-electron chi connectivity index (χ2n) is 5.03. The average molecular weight is 326 g/mol. The maximum atomic E-state index is 12.3. The lowest BCUT2D eigenvalue weighted by Gasteiger charge is -2.08. The van der Waals surface area contributed by atoms with Crippen molar-refractivity contribution < 1.29 is 14.5 Å². The number of rotatable bonds is 5. The number of non-ortho nitro benzene ring substituents is 1. The normalized spacial score (nSPS) is 10.5. The van der Waals surface area contributed by atoms with Crippen molar-refractivity contribution >= 4 is 22.6 Å². The van der Waals surface area contributed by atoms with E-state index in [1.165, 1.54) is 25.3 Å². The molecule has 2 N–H and O–H groups in total. The molecule has 3 aromatic rings. The van der Waals surface area contributed by atoms with Crippen LogP contribution in [0.15, 0.2) is 42.5 Å². The van der Waals surface area contributed by atoms with Gasteiger partial charge in [0, 0.05) is 12.1 Å². The van der Waals surface area contributed by atoms with Crippen LogP contribution >= 0.6 is 0 Å². The summed E-state index contributed by atoms with van der Waals surface area (Å²) >= 11 is 0. The molecule has 3 rings (SSSR count). The van der Waals surface area contributed by atoms with Crippen LogP contribution in [0.5, 0.6) is 5.75 Å². The van der Waals surface area contributed by atoms with Gasteiger partial charge < -0.3 is 15.0 Å². The van der Waals surface area contributed by atoms with E-state index in [9.17, 15) is 14.9 Å². The van der Waals surface area contributed by atoms with Crippen molar-refractivity contribution in [2.24, 2.45) is 0 Å². The molecule has 2 aromatic carbocycles. The molecule has 0 aliphatic heterocycles. The first-order valence-electron chi connectivity index (χ1n) is 7.12. The number of carbonyl (C=O) groups excluding carboxylic acids is 1. The summed E-state index contributed by atoms with van der Waals surface area (Å²) < 4.78 is 5.09. The molecule has 122 valence electrons. The summed E-state index contributed by atoms with van der Waals surface area (Å²) in [6.07, 6.45) is 0. The van der Waals surface area contributed by atoms with E-state index in [-0.39, 0.29) is 23.5 Å². The molecule has 1 amide bonds. The first-order chi connectivity index (χ1) is 11.6. The van der Waals surface area contributed by atoms with Crippen LogP contribution in [0.2, 0.25) is 0 Å². The topological polar surface area (TPSA) is 110 Å². The number of benzene rings is 2. The highest BCUT2D eigenvalue weighted by Crippen LogP contribution is 2.24. The smallest absolute Gasteiger partial charge is 0.270 e. The molecule has 0 fully saturated rings. The SMILES string of the molecule is COc1ccc([N+](=O)[O-])cc1C(=O)NCc1nc2ccccc2[nH]1. The van der Waals surface area contributed by atoms with Gasteiger partial charge in [0.25, 0.3) is 11.6 Å². The molecule has 0 unspecified atom stereocenters. The Hall–Kier alpha value is -3.42. The number of nitrogens with zero attached hydrogens (tertiary/aromatic N) is 2. The second-order valence-corrected chi connectivity index (χ2v) is 5.03. The number of aromatic nitrogens is 2. The molecule has 24 heavy (non-hydrogen) atoms. The van der Waals surface area contributed by atoms with Crippen LogP contribution in [0.4, 0.5) is 5.69 Å². The number of imidazole rings is 1. The second kappa shape index (κ2) is 6.37. The number of aromatic amines is 1. The third-order valence-corrected chi connectivity index (χ3v) is 3.49. The average Bonchev–Trinajstić information content (AvgIpc) is 3.02. The number of nitro groups is 1. The van der Waals surface area contributed by atoms with Crippen molar-refractivity contribution in [3.8, 4) is 5.75 Å². The Bertz CT molecular complexity index is 886. The Balaban J connectivity index is 1.79. The van der Waals surface area contributed by atoms with Crippen LogP contribution in [-0.4, -0.2) is 27.9 Å². The van der Waals surface area contributed by atoms with E-state index >= 15 is 0 Å². The largest absolute Gasteiger partial charge is 0.496 e. The summed E-state index contributed by atoms with van der Waals surface area (Å²) in [5, 5.41) is 13.6. The third kappa shape index (κ3) is 3.02. The van der Waals surface area contributed by atoms with Crippen molar-refractivity contribution in [3.63, 3.8) is 0 Å². The summed E-state index contributed by atoms with van der Waals surface area (Å²) in [5.74, 6) is 0.382. The molecule has 1 aromatic heterocycles. The van der Waals surface area contributed by atoms with Crippen molar-refractivity contribution in [3.05, 3.63) is 64.0 Å². The number of hydrogen-bond acceptors (Lipinski definition) is 5. The van der Waals surface area contributed by atoms with Crippen molar-refractivity contribution in [2.75, 3.05) is 7.11 Å². The Labute approximate surface area is 136 Å². The van der Waals surface area contributed by atoms with Crippen LogP contribution in [0.1, 0.15) is 16.2 Å². The molecular weight excluding hydrogens is 312 g/mol. The first kappa shape index (κ1) is 15.5. The van der Waals surface area contributed by atoms with Crippen LogP contribution in [-0.2, 0) is 6.54 Å². The summed E-state index contributed by atoms with van der Waals surface area (Å²) in [5.41, 5.74) is 1.59. The highest BCUT2D eigenvalue weighted by Gasteiger charge is 2.17. The van der Waals surface area contributed by atoms with Gasteiger partial charge in [-0.1, -0.05) is 12.1 Å². The van der Waals surface area contributed by atoms with E-state index in [1.807, 2.05) is 24.3 Å². The lowest BCUT2D eigenvalue weighted by Crippen LogP contribution is -2.24. The van der Waals surface area contributed by atoms with E-state index in [0.717, 1.165) is 11.0 Å². The van der Waals surface area contributed by atoms with Gasteiger partial charge in [0.05, 0.1) is 35.2 Å². The quantitative estimate of drug-likeness (QED) is 0.552. The Kier molecular flexibility index (Phi) is 4.11. The zero-order valence-electron chi connectivity index (χ0n) is 12.8. The van der Waals surface area contributed by atoms with Crippen LogP contribution < -0.4 is 10.1 Å². The Morgan fingerprint density at radius 3 is 2.83 bits per heavy atom. The molecule has 0 atom stereocenters. The number of amides is 1. The van der Waals surface area contributed by atoms with Crippen molar-refractivity contribution in [1.29, 1.82) is 0 Å². The number of hydrogen-bond donors (Lipinski definition) is 2. The molecule has 0 spiro atoms. The predicted molar refractivity (Wildman–Crippen MR) is 86.9 cm³/mol. The molecule has 0 saturated heterocycles. The summed E-state index contributed by atoms with van der Waals surface area (Å²) in [6, 6.07) is 11.4. The monoisotopic (exact) mass is 326 g/mol. The maximum Gasteiger partial charge on any atom is 0.270 e. The van der Waals surface area contributed by atoms with Gasteiger partial charge in [-0.25, -0.2) is 4.98 Å². The zero-order chi connectivity index (χ0) is 17.1. The van der Waals surface area contributed by atoms with Gasteiger partial charge in [0.1, 0.15) is 11.6 Å². The minimum absolute atomic E-state index is 0.0998. The fraction of sp³-hybridized carbons (Fsp3) is 0.125. The maximum absolute atomic E-state index is 12.3. The molecule has 0 aliphatic carbocycles. The summed E-state index contributed by atoms with van der Waals surface area (Å²) in [6.45, 7) is 0.166.